The Bertz CT molecular complexity index is 1890. The van der Waals surface area contributed by atoms with Crippen molar-refractivity contribution in [2.75, 3.05) is 13.7 Å². The van der Waals surface area contributed by atoms with Gasteiger partial charge in [0.25, 0.3) is 5.91 Å². The Kier molecular flexibility index (Phi) is 8.46. The van der Waals surface area contributed by atoms with E-state index in [0.29, 0.717) is 46.3 Å². The molecule has 1 fully saturated rings. The van der Waals surface area contributed by atoms with Gasteiger partial charge in [0, 0.05) is 47.8 Å². The van der Waals surface area contributed by atoms with Crippen molar-refractivity contribution >= 4 is 23.2 Å². The number of nitrogens with zero attached hydrogens (tertiary/aromatic N) is 2. The molecule has 2 aromatic heterocycles. The second-order valence-electron chi connectivity index (χ2n) is 10.7. The first-order chi connectivity index (χ1) is 22.2. The van der Waals surface area contributed by atoms with Crippen molar-refractivity contribution in [3.05, 3.63) is 95.8 Å². The highest BCUT2D eigenvalue weighted by atomic mass is 19.3. The van der Waals surface area contributed by atoms with Crippen LogP contribution in [0.4, 0.5) is 13.2 Å². The highest BCUT2D eigenvalue weighted by Gasteiger charge is 2.50. The molecule has 0 bridgehead atoms. The molecule has 0 aliphatic heterocycles. The van der Waals surface area contributed by atoms with Crippen LogP contribution in [0.3, 0.4) is 0 Å². The Morgan fingerprint density at radius 1 is 1.07 bits per heavy atom. The molecule has 12 heteroatoms. The number of methoxy groups -OCH3 is 1. The summed E-state index contributed by atoms with van der Waals surface area (Å²) in [4.78, 5) is 34.7. The summed E-state index contributed by atoms with van der Waals surface area (Å²) in [5.41, 5.74) is 1.33. The van der Waals surface area contributed by atoms with Crippen LogP contribution in [-0.2, 0) is 10.3 Å². The van der Waals surface area contributed by atoms with Crippen molar-refractivity contribution in [1.29, 1.82) is 0 Å². The summed E-state index contributed by atoms with van der Waals surface area (Å²) in [6.45, 7) is -0.820. The first kappa shape index (κ1) is 30.8. The van der Waals surface area contributed by atoms with Gasteiger partial charge >= 0.3 is 6.61 Å². The van der Waals surface area contributed by atoms with Gasteiger partial charge < -0.3 is 23.9 Å². The second kappa shape index (κ2) is 12.6. The average Bonchev–Trinajstić information content (AvgIpc) is 3.41. The normalized spacial score (nSPS) is 17.5. The summed E-state index contributed by atoms with van der Waals surface area (Å²) in [5, 5.41) is 3.44. The van der Waals surface area contributed by atoms with Gasteiger partial charge in [0.15, 0.2) is 12.1 Å². The molecular weight excluding hydrogens is 603 g/mol. The fourth-order valence-corrected chi connectivity index (χ4v) is 5.76. The molecule has 0 saturated heterocycles. The Labute approximate surface area is 261 Å². The maximum absolute atomic E-state index is 13.9. The molecule has 9 nitrogen and oxygen atoms in total. The number of benzene rings is 3. The van der Waals surface area contributed by atoms with Gasteiger partial charge in [0.1, 0.15) is 34.2 Å². The number of alkyl halides is 2. The number of halogens is 3. The molecule has 0 radical (unpaired) electrons. The van der Waals surface area contributed by atoms with Crippen LogP contribution in [-0.4, -0.2) is 48.6 Å². The number of amides is 1. The van der Waals surface area contributed by atoms with Crippen LogP contribution in [0.2, 0.25) is 0 Å². The monoisotopic (exact) mass is 631 g/mol. The van der Waals surface area contributed by atoms with E-state index in [2.05, 4.69) is 20.0 Å². The van der Waals surface area contributed by atoms with Gasteiger partial charge in [-0.1, -0.05) is 6.07 Å². The van der Waals surface area contributed by atoms with Crippen LogP contribution < -0.4 is 14.8 Å². The summed E-state index contributed by atoms with van der Waals surface area (Å²) in [6.07, 6.45) is 3.00. The SMILES string of the molecule is CCOc1cc2oc(-c3ccc(F)cc3)c(C=O)c2cc1-c1ccc(OC)c(C(=O)NC2(c3ncccn3)CC(OC(F)F)C2)c1. The minimum atomic E-state index is -2.95. The molecule has 0 spiro atoms. The quantitative estimate of drug-likeness (QED) is 0.156. The molecule has 1 aliphatic rings. The van der Waals surface area contributed by atoms with Crippen LogP contribution in [0.15, 0.2) is 77.5 Å². The Balaban J connectivity index is 1.41. The summed E-state index contributed by atoms with van der Waals surface area (Å²) >= 11 is 0. The predicted molar refractivity (Wildman–Crippen MR) is 161 cm³/mol. The first-order valence-corrected chi connectivity index (χ1v) is 14.4. The van der Waals surface area contributed by atoms with E-state index in [1.54, 1.807) is 36.4 Å². The van der Waals surface area contributed by atoms with E-state index in [0.717, 1.165) is 0 Å². The van der Waals surface area contributed by atoms with Crippen molar-refractivity contribution in [3.8, 4) is 33.9 Å². The van der Waals surface area contributed by atoms with E-state index in [9.17, 15) is 22.8 Å². The second-order valence-corrected chi connectivity index (χ2v) is 10.7. The maximum Gasteiger partial charge on any atom is 0.345 e. The standard InChI is InChI=1S/C34H28F3N3O6/c1-3-44-28-15-29-24(26(18-41)30(46-29)19-5-8-21(35)9-6-19)14-23(28)20-7-10-27(43-2)25(13-20)31(42)40-34(32-38-11-4-12-39-32)16-22(17-34)45-33(36)37/h4-15,18,22,33H,3,16-17H2,1-2H3,(H,40,42). The zero-order chi connectivity index (χ0) is 32.4. The third kappa shape index (κ3) is 5.79. The molecule has 236 valence electrons. The molecule has 1 N–H and O–H groups in total. The van der Waals surface area contributed by atoms with Gasteiger partial charge in [0.2, 0.25) is 0 Å². The largest absolute Gasteiger partial charge is 0.496 e. The average molecular weight is 632 g/mol. The van der Waals surface area contributed by atoms with E-state index in [1.807, 2.05) is 6.92 Å². The minimum Gasteiger partial charge on any atom is -0.496 e. The van der Waals surface area contributed by atoms with Crippen molar-refractivity contribution < 1.29 is 41.4 Å². The first-order valence-electron chi connectivity index (χ1n) is 14.4. The summed E-state index contributed by atoms with van der Waals surface area (Å²) < 4.78 is 61.6. The number of ether oxygens (including phenoxy) is 3. The zero-order valence-corrected chi connectivity index (χ0v) is 24.8. The van der Waals surface area contributed by atoms with Gasteiger partial charge in [0.05, 0.1) is 30.9 Å². The van der Waals surface area contributed by atoms with Gasteiger partial charge in [-0.3, -0.25) is 9.59 Å². The third-order valence-electron chi connectivity index (χ3n) is 7.90. The van der Waals surface area contributed by atoms with Crippen LogP contribution in [0.25, 0.3) is 33.4 Å². The van der Waals surface area contributed by atoms with Crippen LogP contribution >= 0.6 is 0 Å². The number of aldehydes is 1. The smallest absolute Gasteiger partial charge is 0.345 e. The molecule has 0 atom stereocenters. The molecule has 1 amide bonds. The van der Waals surface area contributed by atoms with Crippen molar-refractivity contribution in [3.63, 3.8) is 0 Å². The molecular formula is C34H28F3N3O6. The highest BCUT2D eigenvalue weighted by molar-refractivity contribution is 6.05. The summed E-state index contributed by atoms with van der Waals surface area (Å²) in [6, 6.07) is 15.6. The van der Waals surface area contributed by atoms with Gasteiger partial charge in [-0.05, 0) is 61.0 Å². The van der Waals surface area contributed by atoms with Gasteiger partial charge in [-0.25, -0.2) is 14.4 Å². The van der Waals surface area contributed by atoms with Crippen LogP contribution in [0, 0.1) is 5.82 Å². The van der Waals surface area contributed by atoms with E-state index >= 15 is 0 Å². The van der Waals surface area contributed by atoms with Crippen LogP contribution in [0.1, 0.15) is 46.3 Å². The molecule has 5 aromatic rings. The molecule has 6 rings (SSSR count). The number of aromatic nitrogens is 2. The lowest BCUT2D eigenvalue weighted by atomic mass is 9.73. The Morgan fingerprint density at radius 2 is 1.78 bits per heavy atom. The topological polar surface area (TPSA) is 113 Å². The van der Waals surface area contributed by atoms with Crippen molar-refractivity contribution in [2.24, 2.45) is 0 Å². The Hall–Kier alpha value is -5.23. The van der Waals surface area contributed by atoms with Crippen molar-refractivity contribution in [2.45, 2.75) is 38.0 Å². The number of hydrogen-bond acceptors (Lipinski definition) is 8. The molecule has 2 heterocycles. The molecule has 0 unspecified atom stereocenters. The maximum atomic E-state index is 13.9. The van der Waals surface area contributed by atoms with Gasteiger partial charge in [-0.15, -0.1) is 0 Å². The molecule has 46 heavy (non-hydrogen) atoms. The third-order valence-corrected chi connectivity index (χ3v) is 7.90. The lowest BCUT2D eigenvalue weighted by Gasteiger charge is -2.46. The minimum absolute atomic E-state index is 0.0472. The van der Waals surface area contributed by atoms with Crippen LogP contribution in [0.5, 0.6) is 11.5 Å². The zero-order valence-electron chi connectivity index (χ0n) is 24.8. The lowest BCUT2D eigenvalue weighted by Crippen LogP contribution is -2.58. The van der Waals surface area contributed by atoms with E-state index in [-0.39, 0.29) is 41.3 Å². The molecule has 1 aliphatic carbocycles. The number of fused-ring (bicyclic) bond motifs is 1. The van der Waals surface area contributed by atoms with E-state index < -0.39 is 30.0 Å². The fourth-order valence-electron chi connectivity index (χ4n) is 5.76. The van der Waals surface area contributed by atoms with E-state index in [1.165, 1.54) is 43.8 Å². The van der Waals surface area contributed by atoms with Crippen molar-refractivity contribution in [1.82, 2.24) is 15.3 Å². The van der Waals surface area contributed by atoms with E-state index in [4.69, 9.17) is 13.9 Å². The number of hydrogen-bond donors (Lipinski definition) is 1. The molecule has 1 saturated carbocycles. The lowest BCUT2D eigenvalue weighted by molar-refractivity contribution is -0.198. The summed E-state index contributed by atoms with van der Waals surface area (Å²) in [7, 11) is 1.42. The number of nitrogens with one attached hydrogen (secondary N) is 1. The number of rotatable bonds is 11. The number of carbonyl (C=O) groups is 2. The fraction of sp³-hybridized carbons (Fsp3) is 0.235. The Morgan fingerprint density at radius 3 is 2.43 bits per heavy atom. The molecule has 3 aromatic carbocycles. The summed E-state index contributed by atoms with van der Waals surface area (Å²) in [5.74, 6) is 0.283. The predicted octanol–water partition coefficient (Wildman–Crippen LogP) is 6.94. The number of furan rings is 1. The highest BCUT2D eigenvalue weighted by Crippen LogP contribution is 2.44. The van der Waals surface area contributed by atoms with Gasteiger partial charge in [-0.2, -0.15) is 8.78 Å². The number of carbonyl (C=O) groups excluding carboxylic acids is 2.